The maximum atomic E-state index is 11.4. The summed E-state index contributed by atoms with van der Waals surface area (Å²) >= 11 is 1.32. The van der Waals surface area contributed by atoms with E-state index in [0.29, 0.717) is 11.7 Å². The Hall–Kier alpha value is -0.310. The third kappa shape index (κ3) is 2.09. The van der Waals surface area contributed by atoms with Gasteiger partial charge in [-0.15, -0.1) is 0 Å². The van der Waals surface area contributed by atoms with Gasteiger partial charge in [0, 0.05) is 11.7 Å². The van der Waals surface area contributed by atoms with E-state index in [4.69, 9.17) is 0 Å². The molecule has 0 bridgehead atoms. The first-order valence-corrected chi connectivity index (χ1v) is 5.26. The molecule has 1 saturated heterocycles. The molecular formula is C9H14O2S. The van der Waals surface area contributed by atoms with Gasteiger partial charge in [0.2, 0.25) is 0 Å². The Morgan fingerprint density at radius 2 is 2.33 bits per heavy atom. The summed E-state index contributed by atoms with van der Waals surface area (Å²) in [4.78, 5) is 22.6. The Kier molecular flexibility index (Phi) is 3.32. The van der Waals surface area contributed by atoms with Crippen LogP contribution in [-0.2, 0) is 9.59 Å². The normalized spacial score (nSPS) is 29.3. The average Bonchev–Trinajstić information content (AvgIpc) is 2.30. The molecule has 0 radical (unpaired) electrons. The molecule has 1 aliphatic rings. The monoisotopic (exact) mass is 186 g/mol. The zero-order valence-corrected chi connectivity index (χ0v) is 8.32. The Morgan fingerprint density at radius 1 is 1.67 bits per heavy atom. The van der Waals surface area contributed by atoms with E-state index in [1.807, 2.05) is 13.8 Å². The second-order valence-electron chi connectivity index (χ2n) is 3.25. The lowest BCUT2D eigenvalue weighted by Crippen LogP contribution is -2.17. The summed E-state index contributed by atoms with van der Waals surface area (Å²) in [7, 11) is 0. The Balaban J connectivity index is 2.52. The molecule has 68 valence electrons. The van der Waals surface area contributed by atoms with Crippen molar-refractivity contribution in [3.63, 3.8) is 0 Å². The quantitative estimate of drug-likeness (QED) is 0.632. The number of hydrogen-bond donors (Lipinski definition) is 0. The molecule has 12 heavy (non-hydrogen) atoms. The van der Waals surface area contributed by atoms with Gasteiger partial charge in [-0.1, -0.05) is 25.6 Å². The topological polar surface area (TPSA) is 34.1 Å². The van der Waals surface area contributed by atoms with E-state index in [0.717, 1.165) is 12.8 Å². The minimum atomic E-state index is -0.287. The molecule has 2 atom stereocenters. The Labute approximate surface area is 77.1 Å². The number of carbonyl (C=O) groups excluding carboxylic acids is 2. The van der Waals surface area contributed by atoms with Crippen molar-refractivity contribution in [1.82, 2.24) is 0 Å². The number of ketones is 1. The highest BCUT2D eigenvalue weighted by Gasteiger charge is 2.35. The van der Waals surface area contributed by atoms with Crippen LogP contribution >= 0.6 is 11.8 Å². The van der Waals surface area contributed by atoms with Crippen LogP contribution in [0.5, 0.6) is 0 Å². The maximum Gasteiger partial charge on any atom is 0.199 e. The number of carbonyl (C=O) groups is 2. The molecule has 0 saturated carbocycles. The van der Waals surface area contributed by atoms with Crippen LogP contribution in [0.3, 0.4) is 0 Å². The Morgan fingerprint density at radius 3 is 2.75 bits per heavy atom. The first-order valence-electron chi connectivity index (χ1n) is 4.38. The molecule has 1 fully saturated rings. The van der Waals surface area contributed by atoms with Gasteiger partial charge in [0.15, 0.2) is 5.12 Å². The second kappa shape index (κ2) is 4.08. The van der Waals surface area contributed by atoms with Gasteiger partial charge in [0.05, 0.1) is 5.92 Å². The molecule has 2 nitrogen and oxygen atoms in total. The molecule has 2 unspecified atom stereocenters. The molecule has 1 aliphatic heterocycles. The zero-order chi connectivity index (χ0) is 9.14. The minimum Gasteiger partial charge on any atom is -0.299 e. The van der Waals surface area contributed by atoms with Crippen LogP contribution in [-0.4, -0.2) is 16.1 Å². The fraction of sp³-hybridized carbons (Fsp3) is 0.778. The number of thioether (sulfide) groups is 1. The molecule has 1 heterocycles. The van der Waals surface area contributed by atoms with Crippen molar-refractivity contribution >= 4 is 22.7 Å². The van der Waals surface area contributed by atoms with Crippen LogP contribution in [0.4, 0.5) is 0 Å². The summed E-state index contributed by atoms with van der Waals surface area (Å²) in [5, 5.41) is 0.421. The lowest BCUT2D eigenvalue weighted by atomic mass is 9.97. The van der Waals surface area contributed by atoms with E-state index < -0.39 is 0 Å². The van der Waals surface area contributed by atoms with Gasteiger partial charge in [-0.3, -0.25) is 9.59 Å². The van der Waals surface area contributed by atoms with Gasteiger partial charge < -0.3 is 0 Å². The van der Waals surface area contributed by atoms with Crippen LogP contribution in [0, 0.1) is 5.92 Å². The highest BCUT2D eigenvalue weighted by molar-refractivity contribution is 8.14. The summed E-state index contributed by atoms with van der Waals surface area (Å²) < 4.78 is 0. The number of hydrogen-bond acceptors (Lipinski definition) is 3. The fourth-order valence-corrected chi connectivity index (χ4v) is 2.52. The van der Waals surface area contributed by atoms with Crippen molar-refractivity contribution in [3.8, 4) is 0 Å². The van der Waals surface area contributed by atoms with Crippen LogP contribution in [0.25, 0.3) is 0 Å². The summed E-state index contributed by atoms with van der Waals surface area (Å²) in [6.07, 6.45) is 2.16. The molecule has 0 amide bonds. The van der Waals surface area contributed by atoms with Gasteiger partial charge in [0.1, 0.15) is 5.78 Å². The average molecular weight is 186 g/mol. The van der Waals surface area contributed by atoms with E-state index >= 15 is 0 Å². The predicted molar refractivity (Wildman–Crippen MR) is 50.1 cm³/mol. The summed E-state index contributed by atoms with van der Waals surface area (Å²) in [6, 6.07) is 0. The summed E-state index contributed by atoms with van der Waals surface area (Å²) in [6.45, 7) is 3.97. The van der Waals surface area contributed by atoms with Gasteiger partial charge in [0.25, 0.3) is 0 Å². The molecule has 0 aromatic carbocycles. The van der Waals surface area contributed by atoms with Crippen molar-refractivity contribution in [2.75, 3.05) is 0 Å². The molecule has 0 aliphatic carbocycles. The van der Waals surface area contributed by atoms with Crippen LogP contribution in [0.15, 0.2) is 0 Å². The largest absolute Gasteiger partial charge is 0.299 e. The molecule has 0 aromatic heterocycles. The summed E-state index contributed by atoms with van der Waals surface area (Å²) in [5.41, 5.74) is 0. The molecule has 3 heteroatoms. The van der Waals surface area contributed by atoms with Gasteiger partial charge >= 0.3 is 0 Å². The van der Waals surface area contributed by atoms with Crippen LogP contribution < -0.4 is 0 Å². The first kappa shape index (κ1) is 9.78. The molecule has 0 aromatic rings. The van der Waals surface area contributed by atoms with E-state index in [2.05, 4.69) is 0 Å². The van der Waals surface area contributed by atoms with Crippen molar-refractivity contribution in [1.29, 1.82) is 0 Å². The van der Waals surface area contributed by atoms with Crippen LogP contribution in [0.1, 0.15) is 33.1 Å². The maximum absolute atomic E-state index is 11.4. The molecule has 1 rings (SSSR count). The lowest BCUT2D eigenvalue weighted by molar-refractivity contribution is -0.128. The number of Topliss-reactive ketones (excluding diaryl/α,β-unsaturated/α-hetero) is 1. The highest BCUT2D eigenvalue weighted by atomic mass is 32.2. The molecular weight excluding hydrogens is 172 g/mol. The van der Waals surface area contributed by atoms with Crippen LogP contribution in [0.2, 0.25) is 0 Å². The van der Waals surface area contributed by atoms with Crippen molar-refractivity contribution < 1.29 is 9.59 Å². The first-order chi connectivity index (χ1) is 5.65. The number of rotatable bonds is 3. The van der Waals surface area contributed by atoms with E-state index in [1.54, 1.807) is 0 Å². The molecule has 0 spiro atoms. The fourth-order valence-electron chi connectivity index (χ4n) is 1.44. The smallest absolute Gasteiger partial charge is 0.199 e. The van der Waals surface area contributed by atoms with Crippen molar-refractivity contribution in [2.45, 2.75) is 38.4 Å². The van der Waals surface area contributed by atoms with E-state index in [-0.39, 0.29) is 16.8 Å². The van der Waals surface area contributed by atoms with Gasteiger partial charge in [-0.2, -0.15) is 0 Å². The third-order valence-electron chi connectivity index (χ3n) is 2.05. The summed E-state index contributed by atoms with van der Waals surface area (Å²) in [5.74, 6) is -0.149. The van der Waals surface area contributed by atoms with Gasteiger partial charge in [-0.25, -0.2) is 0 Å². The second-order valence-corrected chi connectivity index (χ2v) is 4.69. The van der Waals surface area contributed by atoms with Gasteiger partial charge in [-0.05, 0) is 12.8 Å². The van der Waals surface area contributed by atoms with Crippen molar-refractivity contribution in [3.05, 3.63) is 0 Å². The third-order valence-corrected chi connectivity index (χ3v) is 3.17. The van der Waals surface area contributed by atoms with Crippen molar-refractivity contribution in [2.24, 2.45) is 5.92 Å². The Bertz CT molecular complexity index is 201. The SMILES string of the molecule is CCCC(=O)C1CC(C)SC1=O. The predicted octanol–water partition coefficient (Wildman–Crippen LogP) is 2.02. The van der Waals surface area contributed by atoms with E-state index in [1.165, 1.54) is 11.8 Å². The minimum absolute atomic E-state index is 0.0842. The van der Waals surface area contributed by atoms with E-state index in [9.17, 15) is 9.59 Å². The standard InChI is InChI=1S/C9H14O2S/c1-3-4-8(10)7-5-6(2)12-9(7)11/h6-7H,3-5H2,1-2H3. The molecule has 0 N–H and O–H groups in total. The lowest BCUT2D eigenvalue weighted by Gasteiger charge is -2.03. The highest BCUT2D eigenvalue weighted by Crippen LogP contribution is 2.33. The zero-order valence-electron chi connectivity index (χ0n) is 7.50.